The van der Waals surface area contributed by atoms with Gasteiger partial charge in [0.1, 0.15) is 17.2 Å². The molecular formula is C30H44N4O3. The van der Waals surface area contributed by atoms with Crippen LogP contribution in [0.4, 0.5) is 5.69 Å². The Labute approximate surface area is 221 Å². The Morgan fingerprint density at radius 1 is 1.11 bits per heavy atom. The fourth-order valence-electron chi connectivity index (χ4n) is 5.60. The predicted molar refractivity (Wildman–Crippen MR) is 146 cm³/mol. The maximum absolute atomic E-state index is 13.2. The van der Waals surface area contributed by atoms with Crippen LogP contribution in [-0.4, -0.2) is 32.2 Å². The average molecular weight is 509 g/mol. The molecule has 37 heavy (non-hydrogen) atoms. The first kappa shape index (κ1) is 27.3. The van der Waals surface area contributed by atoms with E-state index >= 15 is 0 Å². The van der Waals surface area contributed by atoms with E-state index in [0.717, 1.165) is 60.1 Å². The van der Waals surface area contributed by atoms with Gasteiger partial charge in [-0.3, -0.25) is 9.59 Å². The molecule has 2 aliphatic carbocycles. The van der Waals surface area contributed by atoms with Crippen LogP contribution in [0, 0.1) is 25.7 Å². The van der Waals surface area contributed by atoms with Gasteiger partial charge in [-0.2, -0.15) is 0 Å². The van der Waals surface area contributed by atoms with E-state index in [1.165, 1.54) is 6.42 Å². The lowest BCUT2D eigenvalue weighted by atomic mass is 9.71. The Hall–Kier alpha value is -2.70. The number of carbonyl (C=O) groups is 2. The van der Waals surface area contributed by atoms with E-state index < -0.39 is 11.5 Å². The molecule has 2 aliphatic rings. The van der Waals surface area contributed by atoms with Crippen LogP contribution in [-0.2, 0) is 14.3 Å². The van der Waals surface area contributed by atoms with Crippen LogP contribution in [0.25, 0.3) is 0 Å². The lowest BCUT2D eigenvalue weighted by Gasteiger charge is -2.36. The van der Waals surface area contributed by atoms with Crippen molar-refractivity contribution in [2.24, 2.45) is 11.8 Å². The third kappa shape index (κ3) is 7.20. The summed E-state index contributed by atoms with van der Waals surface area (Å²) in [5, 5.41) is 12.3. The van der Waals surface area contributed by atoms with Gasteiger partial charge in [0, 0.05) is 30.0 Å². The van der Waals surface area contributed by atoms with Gasteiger partial charge in [-0.25, -0.2) is 0 Å². The van der Waals surface area contributed by atoms with Gasteiger partial charge in [0.05, 0.1) is 6.42 Å². The van der Waals surface area contributed by atoms with Crippen molar-refractivity contribution in [2.45, 2.75) is 117 Å². The van der Waals surface area contributed by atoms with Crippen molar-refractivity contribution in [2.75, 3.05) is 5.32 Å². The van der Waals surface area contributed by atoms with Crippen molar-refractivity contribution < 1.29 is 14.3 Å². The molecule has 1 heterocycles. The van der Waals surface area contributed by atoms with Crippen molar-refractivity contribution in [3.8, 4) is 0 Å². The van der Waals surface area contributed by atoms with E-state index in [1.807, 2.05) is 46.8 Å². The normalized spacial score (nSPS) is 20.4. The number of aryl methyl sites for hydroxylation is 2. The number of ether oxygens (including phenoxy) is 1. The summed E-state index contributed by atoms with van der Waals surface area (Å²) in [7, 11) is 0. The highest BCUT2D eigenvalue weighted by atomic mass is 16.6. The molecule has 1 unspecified atom stereocenters. The molecule has 0 aliphatic heterocycles. The topological polar surface area (TPSA) is 86.1 Å². The number of esters is 1. The van der Waals surface area contributed by atoms with Gasteiger partial charge in [-0.15, -0.1) is 10.2 Å². The number of nitrogens with zero attached hydrogens (tertiary/aromatic N) is 3. The van der Waals surface area contributed by atoms with Gasteiger partial charge in [0.2, 0.25) is 5.91 Å². The average Bonchev–Trinajstić information content (AvgIpc) is 3.49. The fraction of sp³-hybridized carbons (Fsp3) is 0.667. The molecule has 1 N–H and O–H groups in total. The molecule has 4 rings (SSSR count). The van der Waals surface area contributed by atoms with Gasteiger partial charge >= 0.3 is 5.97 Å². The molecular weight excluding hydrogens is 464 g/mol. The van der Waals surface area contributed by atoms with E-state index in [-0.39, 0.29) is 24.7 Å². The first-order chi connectivity index (χ1) is 17.4. The van der Waals surface area contributed by atoms with Crippen LogP contribution >= 0.6 is 0 Å². The quantitative estimate of drug-likeness (QED) is 0.365. The first-order valence-corrected chi connectivity index (χ1v) is 13.9. The molecule has 1 amide bonds. The molecule has 1 aromatic heterocycles. The van der Waals surface area contributed by atoms with E-state index in [1.54, 1.807) is 0 Å². The molecule has 202 valence electrons. The number of rotatable bonds is 10. The van der Waals surface area contributed by atoms with Gasteiger partial charge in [0.25, 0.3) is 0 Å². The maximum Gasteiger partial charge on any atom is 0.307 e. The largest absolute Gasteiger partial charge is 0.460 e. The summed E-state index contributed by atoms with van der Waals surface area (Å²) in [5.41, 5.74) is 2.37. The Bertz CT molecular complexity index is 1120. The zero-order valence-corrected chi connectivity index (χ0v) is 23.6. The third-order valence-corrected chi connectivity index (χ3v) is 7.35. The molecule has 0 spiro atoms. The lowest BCUT2D eigenvalue weighted by molar-refractivity contribution is -0.155. The molecule has 0 saturated heterocycles. The highest BCUT2D eigenvalue weighted by Crippen LogP contribution is 2.48. The minimum absolute atomic E-state index is 0.100. The number of benzene rings is 1. The Balaban J connectivity index is 1.56. The molecule has 2 fully saturated rings. The van der Waals surface area contributed by atoms with Crippen molar-refractivity contribution in [1.82, 2.24) is 14.8 Å². The lowest BCUT2D eigenvalue weighted by Crippen LogP contribution is -2.28. The summed E-state index contributed by atoms with van der Waals surface area (Å²) in [6.45, 7) is 14.2. The van der Waals surface area contributed by atoms with Crippen molar-refractivity contribution in [1.29, 1.82) is 0 Å². The van der Waals surface area contributed by atoms with E-state index in [0.29, 0.717) is 17.9 Å². The van der Waals surface area contributed by atoms with Crippen LogP contribution in [0.1, 0.15) is 120 Å². The molecule has 1 atom stereocenters. The monoisotopic (exact) mass is 508 g/mol. The zero-order chi connectivity index (χ0) is 26.9. The summed E-state index contributed by atoms with van der Waals surface area (Å²) in [6, 6.07) is 6.34. The Morgan fingerprint density at radius 2 is 1.81 bits per heavy atom. The minimum atomic E-state index is -0.588. The Kier molecular flexibility index (Phi) is 8.10. The van der Waals surface area contributed by atoms with Crippen molar-refractivity contribution in [3.63, 3.8) is 0 Å². The second kappa shape index (κ2) is 11.0. The summed E-state index contributed by atoms with van der Waals surface area (Å²) in [4.78, 5) is 26.1. The Morgan fingerprint density at radius 3 is 2.41 bits per heavy atom. The second-order valence-corrected chi connectivity index (χ2v) is 12.7. The van der Waals surface area contributed by atoms with Crippen LogP contribution in [0.15, 0.2) is 18.2 Å². The number of aromatic nitrogens is 3. The number of anilines is 1. The van der Waals surface area contributed by atoms with E-state index in [2.05, 4.69) is 40.0 Å². The number of nitrogens with one attached hydrogen (secondary N) is 1. The summed E-state index contributed by atoms with van der Waals surface area (Å²) in [6.07, 6.45) is 5.98. The third-order valence-electron chi connectivity index (χ3n) is 7.35. The van der Waals surface area contributed by atoms with E-state index in [4.69, 9.17) is 4.74 Å². The summed E-state index contributed by atoms with van der Waals surface area (Å²) >= 11 is 0. The number of hydrogen-bond acceptors (Lipinski definition) is 5. The molecule has 1 aromatic carbocycles. The molecule has 7 heteroatoms. The van der Waals surface area contributed by atoms with E-state index in [9.17, 15) is 9.59 Å². The zero-order valence-electron chi connectivity index (χ0n) is 23.6. The number of carbonyl (C=O) groups excluding carboxylic acids is 2. The van der Waals surface area contributed by atoms with Gasteiger partial charge < -0.3 is 14.6 Å². The van der Waals surface area contributed by atoms with Crippen LogP contribution in [0.3, 0.4) is 0 Å². The smallest absolute Gasteiger partial charge is 0.307 e. The second-order valence-electron chi connectivity index (χ2n) is 12.7. The predicted octanol–water partition coefficient (Wildman–Crippen LogP) is 6.61. The van der Waals surface area contributed by atoms with Crippen LogP contribution in [0.5, 0.6) is 0 Å². The highest BCUT2D eigenvalue weighted by molar-refractivity contribution is 5.92. The maximum atomic E-state index is 13.2. The van der Waals surface area contributed by atoms with Crippen molar-refractivity contribution in [3.05, 3.63) is 41.0 Å². The van der Waals surface area contributed by atoms with Gasteiger partial charge in [-0.05, 0) is 90.2 Å². The number of hydrogen-bond donors (Lipinski definition) is 1. The van der Waals surface area contributed by atoms with Crippen LogP contribution < -0.4 is 5.32 Å². The molecule has 0 radical (unpaired) electrons. The SMILES string of the molecule is Cc1ccc(NC(=O)CC(CC(=O)OC(C)(C)C)c2nnc(C3CC(CC(C)C)C3)n2C2CC2)c(C)c1. The van der Waals surface area contributed by atoms with Gasteiger partial charge in [-0.1, -0.05) is 31.5 Å². The molecule has 7 nitrogen and oxygen atoms in total. The minimum Gasteiger partial charge on any atom is -0.460 e. The van der Waals surface area contributed by atoms with Crippen molar-refractivity contribution >= 4 is 17.6 Å². The standard InChI is InChI=1S/C30H44N4O3/c1-18(2)12-21-14-22(15-21)28-32-33-29(34(28)24-9-10-24)23(17-27(36)37-30(5,6)7)16-26(35)31-25-11-8-19(3)13-20(25)4/h8,11,13,18,21-24H,9-10,12,14-17H2,1-7H3,(H,31,35). The number of amides is 1. The summed E-state index contributed by atoms with van der Waals surface area (Å²) in [5.74, 6) is 2.83. The molecule has 2 saturated carbocycles. The summed E-state index contributed by atoms with van der Waals surface area (Å²) < 4.78 is 7.92. The fourth-order valence-corrected chi connectivity index (χ4v) is 5.60. The first-order valence-electron chi connectivity index (χ1n) is 13.9. The van der Waals surface area contributed by atoms with Crippen LogP contribution in [0.2, 0.25) is 0 Å². The highest BCUT2D eigenvalue weighted by Gasteiger charge is 2.40. The molecule has 2 aromatic rings. The molecule has 0 bridgehead atoms. The van der Waals surface area contributed by atoms with Gasteiger partial charge in [0.15, 0.2) is 0 Å².